The number of rotatable bonds is 8. The van der Waals surface area contributed by atoms with Crippen molar-refractivity contribution >= 4 is 8.19 Å². The molecule has 0 nitrogen and oxygen atoms in total. The average molecular weight is 224 g/mol. The first-order chi connectivity index (χ1) is 7.38. The zero-order valence-electron chi connectivity index (χ0n) is 10.3. The highest BCUT2D eigenvalue weighted by molar-refractivity contribution is 7.30. The van der Waals surface area contributed by atoms with Crippen LogP contribution in [0.25, 0.3) is 0 Å². The second kappa shape index (κ2) is 7.99. The summed E-state index contributed by atoms with van der Waals surface area (Å²) in [5.41, 5.74) is 1.68. The van der Waals surface area contributed by atoms with Crippen LogP contribution in [0.4, 0.5) is 0 Å². The van der Waals surface area contributed by atoms with Crippen LogP contribution >= 0.6 is 8.19 Å². The van der Waals surface area contributed by atoms with Crippen molar-refractivity contribution in [3.05, 3.63) is 22.7 Å². The predicted octanol–water partition coefficient (Wildman–Crippen LogP) is 5.18. The Bertz CT molecular complexity index is 225. The average Bonchev–Trinajstić information content (AvgIpc) is 2.67. The molecule has 0 bridgehead atoms. The minimum absolute atomic E-state index is 1.00. The molecule has 0 saturated carbocycles. The summed E-state index contributed by atoms with van der Waals surface area (Å²) in [5, 5.41) is 1.76. The van der Waals surface area contributed by atoms with Crippen LogP contribution < -0.4 is 0 Å². The topological polar surface area (TPSA) is 0 Å². The third-order valence-corrected chi connectivity index (χ3v) is 4.26. The maximum Gasteiger partial charge on any atom is -0.0241 e. The van der Waals surface area contributed by atoms with Gasteiger partial charge in [0.15, 0.2) is 0 Å². The van der Waals surface area contributed by atoms with Crippen molar-refractivity contribution in [3.8, 4) is 0 Å². The highest BCUT2D eigenvalue weighted by atomic mass is 31.0. The molecule has 1 heterocycles. The number of aryl methyl sites for hydroxylation is 2. The summed E-state index contributed by atoms with van der Waals surface area (Å²) in [5.74, 6) is 2.38. The molecule has 0 spiro atoms. The van der Waals surface area contributed by atoms with E-state index in [0.717, 1.165) is 8.19 Å². The van der Waals surface area contributed by atoms with Crippen molar-refractivity contribution in [1.29, 1.82) is 0 Å². The summed E-state index contributed by atoms with van der Waals surface area (Å²) < 4.78 is 0. The van der Waals surface area contributed by atoms with Crippen molar-refractivity contribution in [2.45, 2.75) is 65.2 Å². The Labute approximate surface area is 96.6 Å². The Morgan fingerprint density at radius 1 is 0.933 bits per heavy atom. The molecular weight excluding hydrogens is 199 g/mol. The molecule has 1 unspecified atom stereocenters. The molecule has 0 aliphatic heterocycles. The normalized spacial score (nSPS) is 11.3. The van der Waals surface area contributed by atoms with Gasteiger partial charge in [0.1, 0.15) is 0 Å². The molecular formula is C14H25P. The third kappa shape index (κ3) is 4.89. The summed E-state index contributed by atoms with van der Waals surface area (Å²) in [6.45, 7) is 4.56. The van der Waals surface area contributed by atoms with Crippen LogP contribution in [-0.4, -0.2) is 0 Å². The Balaban J connectivity index is 2.32. The van der Waals surface area contributed by atoms with Crippen LogP contribution in [0.1, 0.15) is 63.2 Å². The SMILES string of the molecule is CCCCCc1cc[pH]c1CCCCC. The van der Waals surface area contributed by atoms with E-state index in [4.69, 9.17) is 0 Å². The molecule has 15 heavy (non-hydrogen) atoms. The van der Waals surface area contributed by atoms with Crippen LogP contribution in [0.15, 0.2) is 11.9 Å². The van der Waals surface area contributed by atoms with E-state index in [9.17, 15) is 0 Å². The second-order valence-electron chi connectivity index (χ2n) is 4.40. The van der Waals surface area contributed by atoms with Gasteiger partial charge in [-0.25, -0.2) is 0 Å². The molecule has 1 heteroatoms. The smallest absolute Gasteiger partial charge is 0.0241 e. The Hall–Kier alpha value is -0.220. The van der Waals surface area contributed by atoms with Crippen LogP contribution in [0.3, 0.4) is 0 Å². The highest BCUT2D eigenvalue weighted by Crippen LogP contribution is 2.25. The molecule has 86 valence electrons. The Kier molecular flexibility index (Phi) is 6.85. The molecule has 1 aromatic heterocycles. The number of hydrogen-bond acceptors (Lipinski definition) is 0. The summed E-state index contributed by atoms with van der Waals surface area (Å²) in [6, 6.07) is 2.38. The van der Waals surface area contributed by atoms with Crippen LogP contribution in [0, 0.1) is 0 Å². The highest BCUT2D eigenvalue weighted by Gasteiger charge is 2.02. The van der Waals surface area contributed by atoms with Gasteiger partial charge >= 0.3 is 0 Å². The predicted molar refractivity (Wildman–Crippen MR) is 72.4 cm³/mol. The monoisotopic (exact) mass is 224 g/mol. The molecule has 0 radical (unpaired) electrons. The molecule has 0 fully saturated rings. The van der Waals surface area contributed by atoms with E-state index < -0.39 is 0 Å². The van der Waals surface area contributed by atoms with E-state index in [1.54, 1.807) is 10.9 Å². The van der Waals surface area contributed by atoms with Crippen molar-refractivity contribution in [3.63, 3.8) is 0 Å². The molecule has 0 aliphatic carbocycles. The first-order valence-corrected chi connectivity index (χ1v) is 7.61. The molecule has 1 rings (SSSR count). The van der Waals surface area contributed by atoms with Crippen molar-refractivity contribution in [1.82, 2.24) is 0 Å². The largest absolute Gasteiger partial charge is 0.136 e. The lowest BCUT2D eigenvalue weighted by molar-refractivity contribution is 0.699. The maximum absolute atomic E-state index is 2.38. The fraction of sp³-hybridized carbons (Fsp3) is 0.714. The zero-order chi connectivity index (χ0) is 10.9. The fourth-order valence-corrected chi connectivity index (χ4v) is 3.22. The summed E-state index contributed by atoms with van der Waals surface area (Å²) in [7, 11) is 1.00. The van der Waals surface area contributed by atoms with Gasteiger partial charge in [-0.15, -0.1) is 8.19 Å². The van der Waals surface area contributed by atoms with E-state index in [2.05, 4.69) is 25.7 Å². The lowest BCUT2D eigenvalue weighted by Crippen LogP contribution is -1.89. The first kappa shape index (κ1) is 12.8. The standard InChI is InChI=1S/C14H25P/c1-3-5-7-9-13-11-12-15-14(13)10-8-6-4-2/h11-12,15H,3-10H2,1-2H3. The van der Waals surface area contributed by atoms with Gasteiger partial charge in [0, 0.05) is 0 Å². The third-order valence-electron chi connectivity index (χ3n) is 3.01. The molecule has 0 amide bonds. The van der Waals surface area contributed by atoms with Gasteiger partial charge in [0.05, 0.1) is 0 Å². The lowest BCUT2D eigenvalue weighted by atomic mass is 10.1. The lowest BCUT2D eigenvalue weighted by Gasteiger charge is -2.03. The van der Waals surface area contributed by atoms with Gasteiger partial charge in [-0.1, -0.05) is 45.6 Å². The minimum Gasteiger partial charge on any atom is -0.136 e. The number of unbranched alkanes of at least 4 members (excludes halogenated alkanes) is 4. The fourth-order valence-electron chi connectivity index (χ4n) is 2.02. The van der Waals surface area contributed by atoms with Crippen LogP contribution in [0.5, 0.6) is 0 Å². The van der Waals surface area contributed by atoms with Crippen molar-refractivity contribution in [2.75, 3.05) is 0 Å². The molecule has 0 N–H and O–H groups in total. The van der Waals surface area contributed by atoms with Crippen LogP contribution in [-0.2, 0) is 12.8 Å². The maximum atomic E-state index is 2.38. The molecule has 0 aromatic carbocycles. The molecule has 0 saturated heterocycles. The second-order valence-corrected chi connectivity index (χ2v) is 5.62. The van der Waals surface area contributed by atoms with Gasteiger partial charge < -0.3 is 0 Å². The molecule has 0 aliphatic rings. The van der Waals surface area contributed by atoms with Crippen molar-refractivity contribution in [2.24, 2.45) is 0 Å². The van der Waals surface area contributed by atoms with Gasteiger partial charge in [-0.3, -0.25) is 0 Å². The summed E-state index contributed by atoms with van der Waals surface area (Å²) in [4.78, 5) is 0. The first-order valence-electron chi connectivity index (χ1n) is 6.53. The quantitative estimate of drug-likeness (QED) is 0.533. The van der Waals surface area contributed by atoms with E-state index in [1.807, 2.05) is 0 Å². The Morgan fingerprint density at radius 2 is 1.60 bits per heavy atom. The van der Waals surface area contributed by atoms with Gasteiger partial charge in [-0.2, -0.15) is 0 Å². The van der Waals surface area contributed by atoms with Gasteiger partial charge in [-0.05, 0) is 42.3 Å². The zero-order valence-corrected chi connectivity index (χ0v) is 11.3. The minimum atomic E-state index is 1.00. The van der Waals surface area contributed by atoms with Crippen LogP contribution in [0.2, 0.25) is 0 Å². The summed E-state index contributed by atoms with van der Waals surface area (Å²) in [6.07, 6.45) is 11.0. The summed E-state index contributed by atoms with van der Waals surface area (Å²) >= 11 is 0. The van der Waals surface area contributed by atoms with Gasteiger partial charge in [0.25, 0.3) is 0 Å². The van der Waals surface area contributed by atoms with E-state index in [-0.39, 0.29) is 0 Å². The van der Waals surface area contributed by atoms with Gasteiger partial charge in [0.2, 0.25) is 0 Å². The molecule has 1 aromatic rings. The number of hydrogen-bond donors (Lipinski definition) is 0. The van der Waals surface area contributed by atoms with E-state index in [1.165, 1.54) is 51.4 Å². The van der Waals surface area contributed by atoms with E-state index in [0.29, 0.717) is 0 Å². The molecule has 1 atom stereocenters. The van der Waals surface area contributed by atoms with E-state index >= 15 is 0 Å². The van der Waals surface area contributed by atoms with Crippen molar-refractivity contribution < 1.29 is 0 Å². The Morgan fingerprint density at radius 3 is 2.27 bits per heavy atom.